The number of methoxy groups -OCH3 is 4. The molecule has 0 radical (unpaired) electrons. The van der Waals surface area contributed by atoms with Gasteiger partial charge in [0, 0.05) is 0 Å². The van der Waals surface area contributed by atoms with Gasteiger partial charge in [0.1, 0.15) is 39.6 Å². The van der Waals surface area contributed by atoms with Crippen LogP contribution in [0.4, 0.5) is 0 Å². The number of benzene rings is 4. The van der Waals surface area contributed by atoms with Gasteiger partial charge in [0.05, 0.1) is 40.5 Å². The standard InChI is InChI=1S/C42H50N2O8/c1-28(41(47,30-10-18-34(49-3)19-11-30)31-12-20-35(50-4)21-13-31)43-38(45)40(26-8-7-9-27-40)39(46)44-29(2)42(48,32-14-22-36(51-5)23-15-32)33-16-24-37(52-6)25-17-33/h10-25,28-29,47-48H,7-9,26-27H2,1-6H3,(H,43,45)(H,44,46)/t28-,29-/m1/s1. The molecule has 1 aliphatic carbocycles. The van der Waals surface area contributed by atoms with Gasteiger partial charge in [-0.3, -0.25) is 9.59 Å². The first-order valence-electron chi connectivity index (χ1n) is 17.6. The fraction of sp³-hybridized carbons (Fsp3) is 0.381. The van der Waals surface area contributed by atoms with Crippen LogP contribution in [0.2, 0.25) is 0 Å². The molecule has 276 valence electrons. The zero-order chi connectivity index (χ0) is 37.5. The molecule has 10 heteroatoms. The van der Waals surface area contributed by atoms with E-state index < -0.39 is 40.5 Å². The molecule has 0 heterocycles. The minimum Gasteiger partial charge on any atom is -0.497 e. The van der Waals surface area contributed by atoms with E-state index in [-0.39, 0.29) is 0 Å². The van der Waals surface area contributed by atoms with Crippen LogP contribution in [0.5, 0.6) is 23.0 Å². The third-order valence-electron chi connectivity index (χ3n) is 10.6. The zero-order valence-electron chi connectivity index (χ0n) is 30.8. The van der Waals surface area contributed by atoms with Crippen molar-refractivity contribution in [3.63, 3.8) is 0 Å². The second kappa shape index (κ2) is 16.1. The summed E-state index contributed by atoms with van der Waals surface area (Å²) in [5.41, 5.74) is -2.68. The average Bonchev–Trinajstić information content (AvgIpc) is 3.20. The quantitative estimate of drug-likeness (QED) is 0.120. The lowest BCUT2D eigenvalue weighted by molar-refractivity contribution is -0.148. The summed E-state index contributed by atoms with van der Waals surface area (Å²) in [5.74, 6) is 1.51. The van der Waals surface area contributed by atoms with E-state index in [9.17, 15) is 19.8 Å². The topological polar surface area (TPSA) is 136 Å². The van der Waals surface area contributed by atoms with Gasteiger partial charge in [-0.15, -0.1) is 0 Å². The number of carbonyl (C=O) groups excluding carboxylic acids is 2. The van der Waals surface area contributed by atoms with Crippen LogP contribution in [-0.2, 0) is 20.8 Å². The largest absolute Gasteiger partial charge is 0.497 e. The van der Waals surface area contributed by atoms with Crippen molar-refractivity contribution < 1.29 is 38.7 Å². The van der Waals surface area contributed by atoms with E-state index in [4.69, 9.17) is 18.9 Å². The third kappa shape index (κ3) is 7.31. The van der Waals surface area contributed by atoms with E-state index in [2.05, 4.69) is 10.6 Å². The predicted molar refractivity (Wildman–Crippen MR) is 199 cm³/mol. The maximum atomic E-state index is 14.6. The molecule has 4 aromatic rings. The van der Waals surface area contributed by atoms with E-state index in [0.29, 0.717) is 70.9 Å². The molecule has 0 unspecified atom stereocenters. The fourth-order valence-electron chi connectivity index (χ4n) is 7.30. The van der Waals surface area contributed by atoms with Gasteiger partial charge in [0.15, 0.2) is 0 Å². The average molecular weight is 711 g/mol. The summed E-state index contributed by atoms with van der Waals surface area (Å²) in [6.45, 7) is 3.46. The maximum Gasteiger partial charge on any atom is 0.236 e. The van der Waals surface area contributed by atoms with Gasteiger partial charge in [-0.05, 0) is 97.5 Å². The summed E-state index contributed by atoms with van der Waals surface area (Å²) >= 11 is 0. The number of aliphatic hydroxyl groups is 2. The molecule has 10 nitrogen and oxygen atoms in total. The van der Waals surface area contributed by atoms with Crippen LogP contribution >= 0.6 is 0 Å². The van der Waals surface area contributed by atoms with Gasteiger partial charge in [-0.2, -0.15) is 0 Å². The van der Waals surface area contributed by atoms with Gasteiger partial charge in [0.25, 0.3) is 0 Å². The van der Waals surface area contributed by atoms with E-state index in [1.165, 1.54) is 0 Å². The highest BCUT2D eigenvalue weighted by atomic mass is 16.5. The van der Waals surface area contributed by atoms with Crippen LogP contribution in [0.25, 0.3) is 0 Å². The molecule has 0 aromatic heterocycles. The first-order valence-corrected chi connectivity index (χ1v) is 17.6. The van der Waals surface area contributed by atoms with Crippen LogP contribution in [0.3, 0.4) is 0 Å². The Kier molecular flexibility index (Phi) is 11.8. The zero-order valence-corrected chi connectivity index (χ0v) is 30.8. The number of ether oxygens (including phenoxy) is 4. The molecular formula is C42H50N2O8. The molecule has 4 N–H and O–H groups in total. The normalized spacial score (nSPS) is 15.5. The van der Waals surface area contributed by atoms with Crippen molar-refractivity contribution in [1.82, 2.24) is 10.6 Å². The van der Waals surface area contributed by atoms with Crippen LogP contribution in [0.15, 0.2) is 97.1 Å². The predicted octanol–water partition coefficient (Wildman–Crippen LogP) is 5.85. The van der Waals surface area contributed by atoms with Crippen LogP contribution in [0, 0.1) is 5.41 Å². The van der Waals surface area contributed by atoms with E-state index >= 15 is 0 Å². The lowest BCUT2D eigenvalue weighted by atomic mass is 9.71. The highest BCUT2D eigenvalue weighted by Gasteiger charge is 2.50. The Labute approximate surface area is 306 Å². The number of amides is 2. The second-order valence-corrected chi connectivity index (χ2v) is 13.5. The first-order chi connectivity index (χ1) is 25.0. The van der Waals surface area contributed by atoms with Gasteiger partial charge in [-0.25, -0.2) is 0 Å². The summed E-state index contributed by atoms with van der Waals surface area (Å²) in [6.07, 6.45) is 2.86. The van der Waals surface area contributed by atoms with Gasteiger partial charge >= 0.3 is 0 Å². The van der Waals surface area contributed by atoms with Crippen LogP contribution in [0.1, 0.15) is 68.2 Å². The van der Waals surface area contributed by atoms with E-state index in [1.54, 1.807) is 139 Å². The van der Waals surface area contributed by atoms with Crippen molar-refractivity contribution in [3.05, 3.63) is 119 Å². The first kappa shape index (κ1) is 38.2. The Balaban J connectivity index is 1.48. The van der Waals surface area contributed by atoms with Crippen molar-refractivity contribution in [3.8, 4) is 23.0 Å². The Morgan fingerprint density at radius 1 is 0.519 bits per heavy atom. The lowest BCUT2D eigenvalue weighted by Gasteiger charge is -2.42. The number of carbonyl (C=O) groups is 2. The van der Waals surface area contributed by atoms with Crippen molar-refractivity contribution >= 4 is 11.8 Å². The maximum absolute atomic E-state index is 14.6. The van der Waals surface area contributed by atoms with Crippen molar-refractivity contribution in [2.45, 2.75) is 69.2 Å². The molecule has 1 saturated carbocycles. The Morgan fingerprint density at radius 3 is 1.00 bits per heavy atom. The van der Waals surface area contributed by atoms with Crippen molar-refractivity contribution in [2.75, 3.05) is 28.4 Å². The summed E-state index contributed by atoms with van der Waals surface area (Å²) in [7, 11) is 6.27. The minimum atomic E-state index is -1.68. The molecule has 2 atom stereocenters. The summed E-state index contributed by atoms with van der Waals surface area (Å²) in [6, 6.07) is 26.3. The molecular weight excluding hydrogens is 660 g/mol. The SMILES string of the molecule is COc1ccc(C(O)(c2ccc(OC)cc2)[C@@H](C)NC(=O)C2(C(=O)N[C@H](C)C(O)(c3ccc(OC)cc3)c3ccc(OC)cc3)CCCCC2)cc1. The Morgan fingerprint density at radius 2 is 0.769 bits per heavy atom. The summed E-state index contributed by atoms with van der Waals surface area (Å²) in [5, 5.41) is 31.2. The van der Waals surface area contributed by atoms with E-state index in [1.807, 2.05) is 0 Å². The third-order valence-corrected chi connectivity index (χ3v) is 10.6. The second-order valence-electron chi connectivity index (χ2n) is 13.5. The van der Waals surface area contributed by atoms with Gasteiger partial charge < -0.3 is 39.8 Å². The smallest absolute Gasteiger partial charge is 0.236 e. The molecule has 52 heavy (non-hydrogen) atoms. The van der Waals surface area contributed by atoms with Crippen LogP contribution < -0.4 is 29.6 Å². The van der Waals surface area contributed by atoms with E-state index in [0.717, 1.165) is 6.42 Å². The molecule has 0 bridgehead atoms. The minimum absolute atomic E-state index is 0.317. The number of nitrogens with one attached hydrogen (secondary N) is 2. The molecule has 4 aromatic carbocycles. The molecule has 1 fully saturated rings. The molecule has 0 spiro atoms. The number of rotatable bonds is 14. The molecule has 0 saturated heterocycles. The Hall–Kier alpha value is -5.06. The molecule has 5 rings (SSSR count). The highest BCUT2D eigenvalue weighted by molar-refractivity contribution is 6.05. The fourth-order valence-corrected chi connectivity index (χ4v) is 7.30. The van der Waals surface area contributed by atoms with Crippen LogP contribution in [-0.4, -0.2) is 62.6 Å². The summed E-state index contributed by atoms with van der Waals surface area (Å²) in [4.78, 5) is 29.2. The lowest BCUT2D eigenvalue weighted by Crippen LogP contribution is -2.60. The highest BCUT2D eigenvalue weighted by Crippen LogP contribution is 2.41. The molecule has 2 amide bonds. The van der Waals surface area contributed by atoms with Crippen molar-refractivity contribution in [2.24, 2.45) is 5.41 Å². The Bertz CT molecular complexity index is 1560. The number of hydrogen-bond acceptors (Lipinski definition) is 8. The molecule has 1 aliphatic rings. The van der Waals surface area contributed by atoms with Crippen molar-refractivity contribution in [1.29, 1.82) is 0 Å². The van der Waals surface area contributed by atoms with Gasteiger partial charge in [-0.1, -0.05) is 67.8 Å². The van der Waals surface area contributed by atoms with Gasteiger partial charge in [0.2, 0.25) is 11.8 Å². The number of hydrogen-bond donors (Lipinski definition) is 4. The molecule has 0 aliphatic heterocycles. The summed E-state index contributed by atoms with van der Waals surface area (Å²) < 4.78 is 21.4. The monoisotopic (exact) mass is 710 g/mol.